The first kappa shape index (κ1) is 22.1. The smallest absolute Gasteiger partial charge is 0.339 e. The van der Waals surface area contributed by atoms with Crippen LogP contribution in [-0.4, -0.2) is 12.6 Å². The summed E-state index contributed by atoms with van der Waals surface area (Å²) in [5.41, 5.74) is 8.68. The van der Waals surface area contributed by atoms with Crippen molar-refractivity contribution in [1.82, 2.24) is 0 Å². The third kappa shape index (κ3) is 4.04. The van der Waals surface area contributed by atoms with Crippen LogP contribution in [0, 0.1) is 0 Å². The first-order valence-electron chi connectivity index (χ1n) is 11.3. The van der Waals surface area contributed by atoms with E-state index in [1.54, 1.807) is 0 Å². The Hall–Kier alpha value is -3.69. The number of allylic oxidation sites excluding steroid dienone is 2. The van der Waals surface area contributed by atoms with E-state index in [2.05, 4.69) is 58.4 Å². The van der Waals surface area contributed by atoms with Gasteiger partial charge in [0.05, 0.1) is 12.2 Å². The van der Waals surface area contributed by atoms with Crippen LogP contribution in [0.4, 0.5) is 0 Å². The zero-order valence-electron chi connectivity index (χ0n) is 18.8. The largest absolute Gasteiger partial charge is 0.462 e. The highest BCUT2D eigenvalue weighted by molar-refractivity contribution is 9.10. The van der Waals surface area contributed by atoms with E-state index >= 15 is 0 Å². The number of carbonyl (C=O) groups is 1. The normalized spacial score (nSPS) is 12.5. The molecule has 4 aromatic carbocycles. The minimum Gasteiger partial charge on any atom is -0.462 e. The van der Waals surface area contributed by atoms with Crippen molar-refractivity contribution >= 4 is 44.2 Å². The fourth-order valence-electron chi connectivity index (χ4n) is 4.57. The summed E-state index contributed by atoms with van der Waals surface area (Å²) in [5.74, 6) is -0.305. The molecular formula is C31H23BrO2. The maximum absolute atomic E-state index is 13.4. The molecule has 0 fully saturated rings. The Labute approximate surface area is 208 Å². The molecule has 0 radical (unpaired) electrons. The third-order valence-electron chi connectivity index (χ3n) is 5.94. The van der Waals surface area contributed by atoms with Crippen molar-refractivity contribution in [2.45, 2.75) is 6.92 Å². The Kier molecular flexibility index (Phi) is 6.29. The maximum Gasteiger partial charge on any atom is 0.339 e. The van der Waals surface area contributed by atoms with Crippen molar-refractivity contribution < 1.29 is 9.53 Å². The van der Waals surface area contributed by atoms with Crippen LogP contribution in [0.15, 0.2) is 114 Å². The quantitative estimate of drug-likeness (QED) is 0.257. The number of fused-ring (bicyclic) bond motifs is 1. The summed E-state index contributed by atoms with van der Waals surface area (Å²) in [6.07, 6.45) is 0. The van der Waals surface area contributed by atoms with E-state index in [0.717, 1.165) is 49.0 Å². The van der Waals surface area contributed by atoms with Gasteiger partial charge in [0, 0.05) is 10.0 Å². The summed E-state index contributed by atoms with van der Waals surface area (Å²) in [5, 5.41) is 0. The Morgan fingerprint density at radius 1 is 0.735 bits per heavy atom. The highest BCUT2D eigenvalue weighted by Gasteiger charge is 2.35. The minimum atomic E-state index is -0.305. The molecule has 0 N–H and O–H groups in total. The summed E-state index contributed by atoms with van der Waals surface area (Å²) in [6.45, 7) is 2.16. The predicted octanol–water partition coefficient (Wildman–Crippen LogP) is 7.90. The first-order chi connectivity index (χ1) is 16.7. The van der Waals surface area contributed by atoms with E-state index < -0.39 is 0 Å². The topological polar surface area (TPSA) is 26.3 Å². The Morgan fingerprint density at radius 2 is 1.29 bits per heavy atom. The lowest BCUT2D eigenvalue weighted by Gasteiger charge is -2.18. The molecule has 0 saturated carbocycles. The predicted molar refractivity (Wildman–Crippen MR) is 143 cm³/mol. The zero-order valence-corrected chi connectivity index (χ0v) is 20.4. The average molecular weight is 507 g/mol. The van der Waals surface area contributed by atoms with Crippen LogP contribution < -0.4 is 0 Å². The van der Waals surface area contributed by atoms with Gasteiger partial charge in [0.15, 0.2) is 0 Å². The van der Waals surface area contributed by atoms with Gasteiger partial charge in [0.25, 0.3) is 0 Å². The minimum absolute atomic E-state index is 0.305. The van der Waals surface area contributed by atoms with E-state index in [9.17, 15) is 4.79 Å². The van der Waals surface area contributed by atoms with Gasteiger partial charge in [-0.1, -0.05) is 113 Å². The molecule has 0 heterocycles. The standard InChI is InChI=1S/C31H23BrO2/c1-2-34-31(33)30-25-19-18-24(32)20-26(25)29(28(30)23-16-10-5-11-17-23)27(21-12-6-3-7-13-21)22-14-8-4-9-15-22/h3-20H,2H2,1H3. The van der Waals surface area contributed by atoms with E-state index in [1.165, 1.54) is 0 Å². The number of halogens is 1. The van der Waals surface area contributed by atoms with Crippen molar-refractivity contribution in [3.63, 3.8) is 0 Å². The number of benzene rings is 4. The molecule has 0 spiro atoms. The summed E-state index contributed by atoms with van der Waals surface area (Å²) in [4.78, 5) is 13.4. The fourth-order valence-corrected chi connectivity index (χ4v) is 4.93. The van der Waals surface area contributed by atoms with Crippen molar-refractivity contribution in [1.29, 1.82) is 0 Å². The Morgan fingerprint density at radius 3 is 1.85 bits per heavy atom. The second-order valence-electron chi connectivity index (χ2n) is 8.01. The summed E-state index contributed by atoms with van der Waals surface area (Å²) in [6, 6.07) is 36.9. The number of esters is 1. The van der Waals surface area contributed by atoms with Crippen LogP contribution in [0.2, 0.25) is 0 Å². The lowest BCUT2D eigenvalue weighted by molar-refractivity contribution is -0.136. The molecule has 0 aliphatic heterocycles. The molecule has 2 nitrogen and oxygen atoms in total. The summed E-state index contributed by atoms with van der Waals surface area (Å²) >= 11 is 3.66. The number of hydrogen-bond acceptors (Lipinski definition) is 2. The van der Waals surface area contributed by atoms with E-state index in [1.807, 2.05) is 73.7 Å². The van der Waals surface area contributed by atoms with Gasteiger partial charge in [-0.2, -0.15) is 0 Å². The van der Waals surface area contributed by atoms with Crippen LogP contribution in [0.1, 0.15) is 34.7 Å². The molecule has 1 aliphatic rings. The van der Waals surface area contributed by atoms with Crippen molar-refractivity contribution in [3.05, 3.63) is 141 Å². The molecule has 0 amide bonds. The molecule has 0 saturated heterocycles. The summed E-state index contributed by atoms with van der Waals surface area (Å²) in [7, 11) is 0. The monoisotopic (exact) mass is 506 g/mol. The van der Waals surface area contributed by atoms with Crippen LogP contribution in [0.5, 0.6) is 0 Å². The molecule has 4 aromatic rings. The Bertz CT molecular complexity index is 1360. The molecule has 1 aliphatic carbocycles. The highest BCUT2D eigenvalue weighted by Crippen LogP contribution is 2.51. The van der Waals surface area contributed by atoms with Crippen molar-refractivity contribution in [2.24, 2.45) is 0 Å². The molecule has 0 bridgehead atoms. The van der Waals surface area contributed by atoms with Gasteiger partial charge in [-0.15, -0.1) is 0 Å². The zero-order chi connectivity index (χ0) is 23.5. The van der Waals surface area contributed by atoms with Crippen LogP contribution in [0.3, 0.4) is 0 Å². The SMILES string of the molecule is CCOC(=O)C1=C(c2ccccc2)C(=C(c2ccccc2)c2ccccc2)c2cc(Br)ccc21. The second-order valence-corrected chi connectivity index (χ2v) is 8.92. The lowest BCUT2D eigenvalue weighted by atomic mass is 9.85. The van der Waals surface area contributed by atoms with Gasteiger partial charge in [-0.25, -0.2) is 4.79 Å². The van der Waals surface area contributed by atoms with Gasteiger partial charge in [-0.05, 0) is 58.0 Å². The average Bonchev–Trinajstić information content (AvgIpc) is 3.20. The van der Waals surface area contributed by atoms with Gasteiger partial charge >= 0.3 is 5.97 Å². The third-order valence-corrected chi connectivity index (χ3v) is 6.43. The van der Waals surface area contributed by atoms with Crippen LogP contribution in [-0.2, 0) is 9.53 Å². The molecule has 0 unspecified atom stereocenters. The first-order valence-corrected chi connectivity index (χ1v) is 12.1. The molecule has 0 aromatic heterocycles. The maximum atomic E-state index is 13.4. The van der Waals surface area contributed by atoms with Gasteiger partial charge in [0.2, 0.25) is 0 Å². The number of hydrogen-bond donors (Lipinski definition) is 0. The Balaban J connectivity index is 1.96. The second kappa shape index (κ2) is 9.66. The van der Waals surface area contributed by atoms with E-state index in [-0.39, 0.29) is 5.97 Å². The van der Waals surface area contributed by atoms with Gasteiger partial charge in [-0.3, -0.25) is 0 Å². The molecule has 3 heteroatoms. The number of rotatable bonds is 5. The molecule has 5 rings (SSSR count). The number of ether oxygens (including phenoxy) is 1. The van der Waals surface area contributed by atoms with Gasteiger partial charge in [0.1, 0.15) is 0 Å². The molecule has 0 atom stereocenters. The number of carbonyl (C=O) groups excluding carboxylic acids is 1. The van der Waals surface area contributed by atoms with Crippen LogP contribution in [0.25, 0.3) is 22.3 Å². The van der Waals surface area contributed by atoms with E-state index in [0.29, 0.717) is 12.2 Å². The van der Waals surface area contributed by atoms with Crippen LogP contribution >= 0.6 is 15.9 Å². The molecular weight excluding hydrogens is 484 g/mol. The highest BCUT2D eigenvalue weighted by atomic mass is 79.9. The molecule has 34 heavy (non-hydrogen) atoms. The lowest BCUT2D eigenvalue weighted by Crippen LogP contribution is -2.07. The fraction of sp³-hybridized carbons (Fsp3) is 0.0645. The van der Waals surface area contributed by atoms with Crippen molar-refractivity contribution in [3.8, 4) is 0 Å². The molecule has 166 valence electrons. The van der Waals surface area contributed by atoms with Crippen molar-refractivity contribution in [2.75, 3.05) is 6.61 Å². The van der Waals surface area contributed by atoms with Gasteiger partial charge < -0.3 is 4.74 Å². The van der Waals surface area contributed by atoms with E-state index in [4.69, 9.17) is 4.74 Å². The summed E-state index contributed by atoms with van der Waals surface area (Å²) < 4.78 is 6.53.